The van der Waals surface area contributed by atoms with Gasteiger partial charge in [-0.1, -0.05) is 5.92 Å². The van der Waals surface area contributed by atoms with Crippen LogP contribution in [0.3, 0.4) is 0 Å². The van der Waals surface area contributed by atoms with E-state index in [1.165, 1.54) is 6.92 Å². The Bertz CT molecular complexity index is 680. The van der Waals surface area contributed by atoms with Gasteiger partial charge in [-0.3, -0.25) is 9.78 Å². The van der Waals surface area contributed by atoms with Crippen molar-refractivity contribution in [1.29, 1.82) is 0 Å². The second-order valence-corrected chi connectivity index (χ2v) is 4.64. The van der Waals surface area contributed by atoms with Crippen LogP contribution in [0.25, 0.3) is 0 Å². The van der Waals surface area contributed by atoms with Gasteiger partial charge in [-0.05, 0) is 6.92 Å². The minimum atomic E-state index is -2.79. The van der Waals surface area contributed by atoms with E-state index in [-0.39, 0.29) is 0 Å². The van der Waals surface area contributed by atoms with E-state index < -0.39 is 41.5 Å². The van der Waals surface area contributed by atoms with Crippen molar-refractivity contribution in [1.82, 2.24) is 14.8 Å². The Morgan fingerprint density at radius 1 is 1.70 bits per heavy atom. The van der Waals surface area contributed by atoms with E-state index in [1.54, 1.807) is 5.92 Å². The number of hydrogen-bond acceptors (Lipinski definition) is 6. The number of aromatic amines is 1. The van der Waals surface area contributed by atoms with Gasteiger partial charge in [-0.25, -0.2) is 9.18 Å². The van der Waals surface area contributed by atoms with Crippen LogP contribution in [0.2, 0.25) is 0 Å². The minimum Gasteiger partial charge on any atom is -0.393 e. The topological polar surface area (TPSA) is 117 Å². The molecule has 2 unspecified atom stereocenters. The Morgan fingerprint density at radius 2 is 2.35 bits per heavy atom. The summed E-state index contributed by atoms with van der Waals surface area (Å²) < 4.78 is 20.4. The number of H-pyrrole nitrogens is 1. The molecule has 8 nitrogen and oxygen atoms in total. The minimum absolute atomic E-state index is 0.478. The fourth-order valence-corrected chi connectivity index (χ4v) is 2.02. The predicted octanol–water partition coefficient (Wildman–Crippen LogP) is -2.09. The zero-order valence-electron chi connectivity index (χ0n) is 10.4. The molecule has 1 aromatic heterocycles. The van der Waals surface area contributed by atoms with Gasteiger partial charge in [0, 0.05) is 0 Å². The van der Waals surface area contributed by atoms with Gasteiger partial charge in [-0.2, -0.15) is 9.78 Å². The third kappa shape index (κ3) is 1.85. The third-order valence-electron chi connectivity index (χ3n) is 3.21. The first-order valence-corrected chi connectivity index (χ1v) is 5.60. The van der Waals surface area contributed by atoms with Crippen LogP contribution in [0.5, 0.6) is 0 Å². The van der Waals surface area contributed by atoms with Gasteiger partial charge in [0.15, 0.2) is 0 Å². The maximum absolute atomic E-state index is 14.7. The van der Waals surface area contributed by atoms with Crippen molar-refractivity contribution in [2.45, 2.75) is 30.5 Å². The summed E-state index contributed by atoms with van der Waals surface area (Å²) in [6, 6.07) is 0. The van der Waals surface area contributed by atoms with Gasteiger partial charge in [-0.15, -0.1) is 6.42 Å². The first-order chi connectivity index (χ1) is 9.28. The van der Waals surface area contributed by atoms with Crippen molar-refractivity contribution in [3.63, 3.8) is 0 Å². The van der Waals surface area contributed by atoms with Crippen LogP contribution in [-0.2, 0) is 4.74 Å². The van der Waals surface area contributed by atoms with E-state index in [1.807, 2.05) is 4.98 Å². The number of halogens is 1. The Labute approximate surface area is 111 Å². The molecule has 108 valence electrons. The molecule has 0 saturated carbocycles. The molecular formula is C11H12FN3O5. The van der Waals surface area contributed by atoms with Crippen LogP contribution >= 0.6 is 0 Å². The molecule has 0 aliphatic carbocycles. The molecule has 1 aromatic rings. The number of nitrogens with one attached hydrogen (secondary N) is 1. The Morgan fingerprint density at radius 3 is 2.85 bits per heavy atom. The molecule has 1 fully saturated rings. The summed E-state index contributed by atoms with van der Waals surface area (Å²) in [5.74, 6) is 1.73. The molecule has 0 spiro atoms. The molecule has 0 radical (unpaired) electrons. The molecule has 2 rings (SSSR count). The fraction of sp³-hybridized carbons (Fsp3) is 0.545. The lowest BCUT2D eigenvalue weighted by Crippen LogP contribution is -2.49. The largest absolute Gasteiger partial charge is 0.393 e. The lowest BCUT2D eigenvalue weighted by Gasteiger charge is -2.25. The molecule has 0 aromatic carbocycles. The van der Waals surface area contributed by atoms with E-state index in [0.29, 0.717) is 4.68 Å². The number of ether oxygens (including phenoxy) is 1. The lowest BCUT2D eigenvalue weighted by atomic mass is 9.89. The summed E-state index contributed by atoms with van der Waals surface area (Å²) in [5, 5.41) is 22.6. The molecule has 3 N–H and O–H groups in total. The van der Waals surface area contributed by atoms with Crippen molar-refractivity contribution in [2.75, 3.05) is 6.61 Å². The predicted molar refractivity (Wildman–Crippen MR) is 63.4 cm³/mol. The zero-order valence-corrected chi connectivity index (χ0v) is 10.4. The van der Waals surface area contributed by atoms with E-state index in [2.05, 4.69) is 5.10 Å². The number of aromatic nitrogens is 3. The number of hydrogen-bond donors (Lipinski definition) is 3. The van der Waals surface area contributed by atoms with Gasteiger partial charge in [0.05, 0.1) is 6.61 Å². The number of nitrogens with zero attached hydrogens (tertiary/aromatic N) is 2. The van der Waals surface area contributed by atoms with Crippen LogP contribution in [0, 0.1) is 12.3 Å². The average Bonchev–Trinajstić information content (AvgIpc) is 2.62. The molecule has 1 saturated heterocycles. The van der Waals surface area contributed by atoms with Crippen LogP contribution < -0.4 is 11.2 Å². The van der Waals surface area contributed by atoms with Crippen LogP contribution in [-0.4, -0.2) is 49.0 Å². The van der Waals surface area contributed by atoms with Crippen molar-refractivity contribution in [2.24, 2.45) is 0 Å². The standard InChI is InChI=1S/C11H12FN3O5/c1-3-11(12)7(18)10(2,5-16)20-8(11)15-9(19)14-6(17)4-13-15/h1,4,7-8,16,18H,5H2,2H3,(H,14,17,19)/t7-,8+,10?,11?/m0/s1. The Kier molecular flexibility index (Phi) is 3.25. The molecular weight excluding hydrogens is 273 g/mol. The van der Waals surface area contributed by atoms with Gasteiger partial charge < -0.3 is 14.9 Å². The molecule has 9 heteroatoms. The Hall–Kier alpha value is -2.02. The second-order valence-electron chi connectivity index (χ2n) is 4.64. The highest BCUT2D eigenvalue weighted by atomic mass is 19.1. The van der Waals surface area contributed by atoms with Crippen LogP contribution in [0.15, 0.2) is 15.8 Å². The van der Waals surface area contributed by atoms with Crippen molar-refractivity contribution >= 4 is 0 Å². The third-order valence-corrected chi connectivity index (χ3v) is 3.21. The van der Waals surface area contributed by atoms with Gasteiger partial charge in [0.25, 0.3) is 5.56 Å². The average molecular weight is 285 g/mol. The molecule has 20 heavy (non-hydrogen) atoms. The quantitative estimate of drug-likeness (QED) is 0.537. The summed E-state index contributed by atoms with van der Waals surface area (Å²) in [7, 11) is 0. The number of terminal acetylenes is 1. The van der Waals surface area contributed by atoms with Crippen molar-refractivity contribution < 1.29 is 19.3 Å². The lowest BCUT2D eigenvalue weighted by molar-refractivity contribution is -0.121. The maximum Gasteiger partial charge on any atom is 0.347 e. The number of alkyl halides is 1. The SMILES string of the molecule is C#CC1(F)[C@H](n2ncc(=O)[nH]c2=O)OC(C)(CO)[C@@H]1O. The number of aliphatic hydroxyl groups excluding tert-OH is 2. The first-order valence-electron chi connectivity index (χ1n) is 5.60. The molecule has 1 aliphatic heterocycles. The molecule has 0 amide bonds. The van der Waals surface area contributed by atoms with Crippen LogP contribution in [0.4, 0.5) is 4.39 Å². The normalized spacial score (nSPS) is 36.8. The highest BCUT2D eigenvalue weighted by Crippen LogP contribution is 2.45. The van der Waals surface area contributed by atoms with E-state index in [4.69, 9.17) is 11.2 Å². The van der Waals surface area contributed by atoms with Gasteiger partial charge >= 0.3 is 5.69 Å². The zero-order chi connectivity index (χ0) is 15.1. The molecule has 1 aliphatic rings. The van der Waals surface area contributed by atoms with Gasteiger partial charge in [0.1, 0.15) is 17.9 Å². The van der Waals surface area contributed by atoms with E-state index >= 15 is 0 Å². The van der Waals surface area contributed by atoms with E-state index in [9.17, 15) is 24.2 Å². The van der Waals surface area contributed by atoms with Crippen molar-refractivity contribution in [3.8, 4) is 12.3 Å². The smallest absolute Gasteiger partial charge is 0.347 e. The van der Waals surface area contributed by atoms with Crippen molar-refractivity contribution in [3.05, 3.63) is 27.0 Å². The highest BCUT2D eigenvalue weighted by Gasteiger charge is 2.63. The highest BCUT2D eigenvalue weighted by molar-refractivity contribution is 5.22. The maximum atomic E-state index is 14.7. The second kappa shape index (κ2) is 4.52. The van der Waals surface area contributed by atoms with E-state index in [0.717, 1.165) is 6.20 Å². The molecule has 0 bridgehead atoms. The summed E-state index contributed by atoms with van der Waals surface area (Å²) in [6.45, 7) is 0.510. The monoisotopic (exact) mass is 285 g/mol. The summed E-state index contributed by atoms with van der Waals surface area (Å²) in [5.41, 5.74) is -6.32. The van der Waals surface area contributed by atoms with Crippen LogP contribution in [0.1, 0.15) is 13.2 Å². The summed E-state index contributed by atoms with van der Waals surface area (Å²) >= 11 is 0. The number of rotatable bonds is 2. The van der Waals surface area contributed by atoms with Gasteiger partial charge in [0.2, 0.25) is 11.9 Å². The summed E-state index contributed by atoms with van der Waals surface area (Å²) in [6.07, 6.45) is 2.17. The Balaban J connectivity index is 2.59. The fourth-order valence-electron chi connectivity index (χ4n) is 2.02. The number of aliphatic hydroxyl groups is 2. The molecule has 2 heterocycles. The first kappa shape index (κ1) is 14.4. The molecule has 4 atom stereocenters. The summed E-state index contributed by atoms with van der Waals surface area (Å²) in [4.78, 5) is 24.4.